The minimum absolute atomic E-state index is 0.322. The van der Waals surface area contributed by atoms with Gasteiger partial charge in [-0.2, -0.15) is 0 Å². The molecule has 0 saturated carbocycles. The van der Waals surface area contributed by atoms with Crippen molar-refractivity contribution >= 4 is 17.9 Å². The molecule has 0 saturated heterocycles. The van der Waals surface area contributed by atoms with Crippen LogP contribution in [0.15, 0.2) is 24.8 Å². The second kappa shape index (κ2) is 5.81. The van der Waals surface area contributed by atoms with Gasteiger partial charge >= 0.3 is 17.9 Å². The van der Waals surface area contributed by atoms with Crippen LogP contribution in [0.1, 0.15) is 33.2 Å². The quantitative estimate of drug-likeness (QED) is 0.477. The van der Waals surface area contributed by atoms with Crippen LogP contribution in [0.25, 0.3) is 0 Å². The molecule has 6 heteroatoms. The maximum absolute atomic E-state index is 11.2. The fourth-order valence-corrected chi connectivity index (χ4v) is 1.57. The van der Waals surface area contributed by atoms with Gasteiger partial charge in [-0.05, 0) is 18.1 Å². The van der Waals surface area contributed by atoms with E-state index in [1.807, 2.05) is 0 Å². The van der Waals surface area contributed by atoms with E-state index in [4.69, 9.17) is 14.9 Å². The molecular weight excluding hydrogens is 252 g/mol. The summed E-state index contributed by atoms with van der Waals surface area (Å²) < 4.78 is 4.77. The third kappa shape index (κ3) is 2.98. The molecule has 1 aromatic carbocycles. The van der Waals surface area contributed by atoms with Crippen molar-refractivity contribution in [3.05, 3.63) is 41.5 Å². The highest BCUT2D eigenvalue weighted by atomic mass is 16.5. The molecular formula is C13H12O6. The van der Waals surface area contributed by atoms with E-state index in [9.17, 15) is 14.4 Å². The Kier molecular flexibility index (Phi) is 4.41. The molecule has 1 aromatic rings. The Hall–Kier alpha value is -2.63. The zero-order chi connectivity index (χ0) is 14.6. The average Bonchev–Trinajstić information content (AvgIpc) is 2.36. The van der Waals surface area contributed by atoms with Crippen LogP contribution < -0.4 is 4.74 Å². The van der Waals surface area contributed by atoms with Gasteiger partial charge in [-0.15, -0.1) is 0 Å². The average molecular weight is 264 g/mol. The summed E-state index contributed by atoms with van der Waals surface area (Å²) in [6.45, 7) is 4.89. The summed E-state index contributed by atoms with van der Waals surface area (Å²) in [6.07, 6.45) is 1.19. The second-order valence-corrected chi connectivity index (χ2v) is 3.57. The number of aryl methyl sites for hydroxylation is 1. The number of esters is 1. The molecule has 0 fully saturated rings. The van der Waals surface area contributed by atoms with Crippen molar-refractivity contribution in [1.82, 2.24) is 0 Å². The minimum atomic E-state index is -1.38. The van der Waals surface area contributed by atoms with Gasteiger partial charge in [0.1, 0.15) is 11.1 Å². The summed E-state index contributed by atoms with van der Waals surface area (Å²) in [5.41, 5.74) is -0.327. The second-order valence-electron chi connectivity index (χ2n) is 3.57. The van der Waals surface area contributed by atoms with E-state index < -0.39 is 23.7 Å². The summed E-state index contributed by atoms with van der Waals surface area (Å²) in [6, 6.07) is 2.59. The first-order valence-corrected chi connectivity index (χ1v) is 5.39. The van der Waals surface area contributed by atoms with Crippen LogP contribution in [0, 0.1) is 0 Å². The van der Waals surface area contributed by atoms with E-state index in [-0.39, 0.29) is 11.1 Å². The highest BCUT2D eigenvalue weighted by Gasteiger charge is 2.24. The Bertz CT molecular complexity index is 558. The topological polar surface area (TPSA) is 101 Å². The van der Waals surface area contributed by atoms with Crippen molar-refractivity contribution < 1.29 is 29.3 Å². The first-order valence-electron chi connectivity index (χ1n) is 5.39. The van der Waals surface area contributed by atoms with E-state index in [1.165, 1.54) is 12.1 Å². The normalized spacial score (nSPS) is 9.74. The molecule has 2 N–H and O–H groups in total. The molecule has 1 rings (SSSR count). The number of ether oxygens (including phenoxy) is 1. The predicted octanol–water partition coefficient (Wildman–Crippen LogP) is 1.74. The van der Waals surface area contributed by atoms with Crippen molar-refractivity contribution in [3.8, 4) is 5.75 Å². The number of hydrogen-bond donors (Lipinski definition) is 2. The number of aromatic carboxylic acids is 2. The van der Waals surface area contributed by atoms with Crippen molar-refractivity contribution in [3.63, 3.8) is 0 Å². The molecule has 19 heavy (non-hydrogen) atoms. The van der Waals surface area contributed by atoms with Crippen LogP contribution in [0.3, 0.4) is 0 Å². The van der Waals surface area contributed by atoms with Gasteiger partial charge in [0, 0.05) is 6.08 Å². The SMILES string of the molecule is C=CC(=O)Oc1c(C(=O)O)ccc(CC)c1C(=O)O. The Morgan fingerprint density at radius 2 is 1.89 bits per heavy atom. The maximum Gasteiger partial charge on any atom is 0.339 e. The number of carbonyl (C=O) groups excluding carboxylic acids is 1. The highest BCUT2D eigenvalue weighted by Crippen LogP contribution is 2.28. The number of rotatable bonds is 5. The fourth-order valence-electron chi connectivity index (χ4n) is 1.57. The van der Waals surface area contributed by atoms with Gasteiger partial charge in [0.2, 0.25) is 0 Å². The summed E-state index contributed by atoms with van der Waals surface area (Å²) in [4.78, 5) is 33.5. The molecule has 0 radical (unpaired) electrons. The van der Waals surface area contributed by atoms with E-state index in [0.717, 1.165) is 6.08 Å². The molecule has 6 nitrogen and oxygen atoms in total. The van der Waals surface area contributed by atoms with Crippen LogP contribution in [0.4, 0.5) is 0 Å². The number of carboxylic acid groups (broad SMARTS) is 2. The van der Waals surface area contributed by atoms with Crippen molar-refractivity contribution in [2.45, 2.75) is 13.3 Å². The first-order chi connectivity index (χ1) is 8.92. The molecule has 0 spiro atoms. The van der Waals surface area contributed by atoms with Crippen molar-refractivity contribution in [2.24, 2.45) is 0 Å². The van der Waals surface area contributed by atoms with Crippen LogP contribution in [0.5, 0.6) is 5.75 Å². The van der Waals surface area contributed by atoms with E-state index in [1.54, 1.807) is 6.92 Å². The van der Waals surface area contributed by atoms with Crippen LogP contribution in [-0.2, 0) is 11.2 Å². The van der Waals surface area contributed by atoms with Crippen LogP contribution in [0.2, 0.25) is 0 Å². The molecule has 0 heterocycles. The molecule has 100 valence electrons. The minimum Gasteiger partial charge on any atom is -0.478 e. The highest BCUT2D eigenvalue weighted by molar-refractivity contribution is 6.01. The number of carboxylic acids is 2. The van der Waals surface area contributed by atoms with Gasteiger partial charge in [-0.3, -0.25) is 0 Å². The fraction of sp³-hybridized carbons (Fsp3) is 0.154. The predicted molar refractivity (Wildman–Crippen MR) is 65.6 cm³/mol. The van der Waals surface area contributed by atoms with Crippen molar-refractivity contribution in [2.75, 3.05) is 0 Å². The lowest BCUT2D eigenvalue weighted by Crippen LogP contribution is -2.14. The standard InChI is InChI=1S/C13H12O6/c1-3-7-5-6-8(12(15)16)11(10(7)13(17)18)19-9(14)4-2/h4-6H,2-3H2,1H3,(H,15,16)(H,17,18). The Morgan fingerprint density at radius 3 is 2.32 bits per heavy atom. The molecule has 0 unspecified atom stereocenters. The molecule has 0 atom stereocenters. The van der Waals surface area contributed by atoms with Gasteiger partial charge in [0.25, 0.3) is 0 Å². The first kappa shape index (κ1) is 14.4. The monoisotopic (exact) mass is 264 g/mol. The van der Waals surface area contributed by atoms with E-state index >= 15 is 0 Å². The third-order valence-electron chi connectivity index (χ3n) is 2.44. The van der Waals surface area contributed by atoms with Crippen LogP contribution >= 0.6 is 0 Å². The summed E-state index contributed by atoms with van der Waals surface area (Å²) >= 11 is 0. The molecule has 0 aliphatic rings. The zero-order valence-electron chi connectivity index (χ0n) is 10.2. The third-order valence-corrected chi connectivity index (χ3v) is 2.44. The lowest BCUT2D eigenvalue weighted by Gasteiger charge is -2.12. The number of hydrogen-bond acceptors (Lipinski definition) is 4. The smallest absolute Gasteiger partial charge is 0.339 e. The molecule has 0 bridgehead atoms. The number of benzene rings is 1. The van der Waals surface area contributed by atoms with Gasteiger partial charge in [-0.1, -0.05) is 19.6 Å². The maximum atomic E-state index is 11.2. The van der Waals surface area contributed by atoms with Crippen molar-refractivity contribution in [1.29, 1.82) is 0 Å². The Labute approximate surface area is 108 Å². The van der Waals surface area contributed by atoms with Gasteiger partial charge in [-0.25, -0.2) is 14.4 Å². The summed E-state index contributed by atoms with van der Waals surface area (Å²) in [7, 11) is 0. The molecule has 0 aliphatic carbocycles. The summed E-state index contributed by atoms with van der Waals surface area (Å²) in [5, 5.41) is 18.2. The summed E-state index contributed by atoms with van der Waals surface area (Å²) in [5.74, 6) is -4.12. The van der Waals surface area contributed by atoms with Gasteiger partial charge < -0.3 is 14.9 Å². The van der Waals surface area contributed by atoms with E-state index in [0.29, 0.717) is 12.0 Å². The van der Waals surface area contributed by atoms with Crippen LogP contribution in [-0.4, -0.2) is 28.1 Å². The lowest BCUT2D eigenvalue weighted by atomic mass is 10.00. The lowest BCUT2D eigenvalue weighted by molar-refractivity contribution is -0.129. The largest absolute Gasteiger partial charge is 0.478 e. The molecule has 0 aliphatic heterocycles. The van der Waals surface area contributed by atoms with Gasteiger partial charge in [0.05, 0.1) is 0 Å². The van der Waals surface area contributed by atoms with E-state index in [2.05, 4.69) is 6.58 Å². The zero-order valence-corrected chi connectivity index (χ0v) is 10.2. The number of carbonyl (C=O) groups is 3. The molecule has 0 aromatic heterocycles. The molecule has 0 amide bonds. The Balaban J connectivity index is 3.57. The van der Waals surface area contributed by atoms with Gasteiger partial charge in [0.15, 0.2) is 5.75 Å². The Morgan fingerprint density at radius 1 is 1.26 bits per heavy atom.